The Hall–Kier alpha value is -2.24. The number of rotatable bonds is 5. The zero-order valence-corrected chi connectivity index (χ0v) is 14.1. The first-order chi connectivity index (χ1) is 10.8. The Labute approximate surface area is 136 Å². The molecule has 1 aromatic carbocycles. The predicted molar refractivity (Wildman–Crippen MR) is 86.5 cm³/mol. The molecule has 1 aliphatic heterocycles. The van der Waals surface area contributed by atoms with Crippen molar-refractivity contribution >= 4 is 11.8 Å². The van der Waals surface area contributed by atoms with E-state index < -0.39 is 0 Å². The minimum Gasteiger partial charge on any atom is -0.493 e. The molecule has 6 nitrogen and oxygen atoms in total. The van der Waals surface area contributed by atoms with Crippen LogP contribution >= 0.6 is 0 Å². The summed E-state index contributed by atoms with van der Waals surface area (Å²) in [5, 5.41) is 2.85. The summed E-state index contributed by atoms with van der Waals surface area (Å²) in [6.45, 7) is 6.38. The van der Waals surface area contributed by atoms with Gasteiger partial charge in [0, 0.05) is 18.5 Å². The van der Waals surface area contributed by atoms with Gasteiger partial charge < -0.3 is 19.7 Å². The SMILES string of the molecule is COc1ccccc1OCC(=O)NC1CC(=O)N(C(C)(C)C)C1. The van der Waals surface area contributed by atoms with E-state index in [-0.39, 0.29) is 30.0 Å². The Morgan fingerprint density at radius 1 is 1.30 bits per heavy atom. The van der Waals surface area contributed by atoms with Gasteiger partial charge in [-0.2, -0.15) is 0 Å². The first-order valence-electron chi connectivity index (χ1n) is 7.67. The lowest BCUT2D eigenvalue weighted by molar-refractivity contribution is -0.131. The fourth-order valence-corrected chi connectivity index (χ4v) is 2.60. The number of amides is 2. The summed E-state index contributed by atoms with van der Waals surface area (Å²) in [6.07, 6.45) is 0.331. The molecular formula is C17H24N2O4. The molecule has 0 bridgehead atoms. The molecule has 0 radical (unpaired) electrons. The number of nitrogens with zero attached hydrogens (tertiary/aromatic N) is 1. The first-order valence-corrected chi connectivity index (χ1v) is 7.67. The molecule has 1 aliphatic rings. The lowest BCUT2D eigenvalue weighted by atomic mass is 10.1. The maximum Gasteiger partial charge on any atom is 0.258 e. The molecule has 1 N–H and O–H groups in total. The molecule has 1 saturated heterocycles. The minimum atomic E-state index is -0.246. The summed E-state index contributed by atoms with van der Waals surface area (Å²) < 4.78 is 10.7. The van der Waals surface area contributed by atoms with Crippen LogP contribution in [0.2, 0.25) is 0 Å². The molecule has 1 unspecified atom stereocenters. The van der Waals surface area contributed by atoms with E-state index in [1.54, 1.807) is 24.1 Å². The van der Waals surface area contributed by atoms with E-state index in [0.29, 0.717) is 24.5 Å². The predicted octanol–water partition coefficient (Wildman–Crippen LogP) is 1.59. The maximum atomic E-state index is 12.0. The number of para-hydroxylation sites is 2. The molecule has 2 rings (SSSR count). The standard InChI is InChI=1S/C17H24N2O4/c1-17(2,3)19-10-12(9-16(19)21)18-15(20)11-23-14-8-6-5-7-13(14)22-4/h5-8,12H,9-11H2,1-4H3,(H,18,20). The van der Waals surface area contributed by atoms with Crippen LogP contribution in [-0.4, -0.2) is 48.6 Å². The summed E-state index contributed by atoms with van der Waals surface area (Å²) >= 11 is 0. The summed E-state index contributed by atoms with van der Waals surface area (Å²) in [5.41, 5.74) is -0.232. The van der Waals surface area contributed by atoms with Crippen LogP contribution < -0.4 is 14.8 Å². The molecule has 0 aliphatic carbocycles. The van der Waals surface area contributed by atoms with Gasteiger partial charge in [0.05, 0.1) is 13.2 Å². The third-order valence-electron chi connectivity index (χ3n) is 3.73. The molecule has 0 aromatic heterocycles. The third kappa shape index (κ3) is 4.37. The normalized spacial score (nSPS) is 18.0. The van der Waals surface area contributed by atoms with Crippen molar-refractivity contribution in [2.75, 3.05) is 20.3 Å². The summed E-state index contributed by atoms with van der Waals surface area (Å²) in [6, 6.07) is 6.98. The van der Waals surface area contributed by atoms with Crippen molar-refractivity contribution in [1.29, 1.82) is 0 Å². The van der Waals surface area contributed by atoms with Gasteiger partial charge in [-0.25, -0.2) is 0 Å². The van der Waals surface area contributed by atoms with E-state index in [2.05, 4.69) is 5.32 Å². The average molecular weight is 320 g/mol. The number of hydrogen-bond acceptors (Lipinski definition) is 4. The fourth-order valence-electron chi connectivity index (χ4n) is 2.60. The zero-order chi connectivity index (χ0) is 17.0. The maximum absolute atomic E-state index is 12.0. The van der Waals surface area contributed by atoms with E-state index in [4.69, 9.17) is 9.47 Å². The van der Waals surface area contributed by atoms with E-state index in [1.807, 2.05) is 32.9 Å². The van der Waals surface area contributed by atoms with Crippen LogP contribution in [0.5, 0.6) is 11.5 Å². The molecular weight excluding hydrogens is 296 g/mol. The average Bonchev–Trinajstić information content (AvgIpc) is 2.86. The number of hydrogen-bond donors (Lipinski definition) is 1. The number of carbonyl (C=O) groups excluding carboxylic acids is 2. The van der Waals surface area contributed by atoms with Gasteiger partial charge in [-0.1, -0.05) is 12.1 Å². The smallest absolute Gasteiger partial charge is 0.258 e. The van der Waals surface area contributed by atoms with E-state index >= 15 is 0 Å². The highest BCUT2D eigenvalue weighted by atomic mass is 16.5. The highest BCUT2D eigenvalue weighted by Crippen LogP contribution is 2.25. The highest BCUT2D eigenvalue weighted by molar-refractivity contribution is 5.83. The highest BCUT2D eigenvalue weighted by Gasteiger charge is 2.36. The quantitative estimate of drug-likeness (QED) is 0.894. The number of methoxy groups -OCH3 is 1. The topological polar surface area (TPSA) is 67.9 Å². The van der Waals surface area contributed by atoms with Gasteiger partial charge in [-0.05, 0) is 32.9 Å². The van der Waals surface area contributed by atoms with Crippen molar-refractivity contribution in [3.63, 3.8) is 0 Å². The third-order valence-corrected chi connectivity index (χ3v) is 3.73. The van der Waals surface area contributed by atoms with Crippen LogP contribution in [0, 0.1) is 0 Å². The van der Waals surface area contributed by atoms with Gasteiger partial charge in [-0.3, -0.25) is 9.59 Å². The van der Waals surface area contributed by atoms with E-state index in [9.17, 15) is 9.59 Å². The molecule has 2 amide bonds. The lowest BCUT2D eigenvalue weighted by Gasteiger charge is -2.32. The molecule has 0 spiro atoms. The molecule has 1 atom stereocenters. The van der Waals surface area contributed by atoms with Crippen LogP contribution in [0.15, 0.2) is 24.3 Å². The molecule has 0 saturated carbocycles. The Kier molecular flexibility index (Phi) is 5.13. The van der Waals surface area contributed by atoms with Gasteiger partial charge in [-0.15, -0.1) is 0 Å². The second kappa shape index (κ2) is 6.89. The second-order valence-corrected chi connectivity index (χ2v) is 6.58. The summed E-state index contributed by atoms with van der Waals surface area (Å²) in [4.78, 5) is 25.8. The lowest BCUT2D eigenvalue weighted by Crippen LogP contribution is -2.45. The van der Waals surface area contributed by atoms with Crippen molar-refractivity contribution in [3.05, 3.63) is 24.3 Å². The van der Waals surface area contributed by atoms with Crippen molar-refractivity contribution in [1.82, 2.24) is 10.2 Å². The Balaban J connectivity index is 1.85. The Morgan fingerprint density at radius 2 is 1.96 bits per heavy atom. The van der Waals surface area contributed by atoms with Crippen LogP contribution in [0.1, 0.15) is 27.2 Å². The molecule has 1 aromatic rings. The van der Waals surface area contributed by atoms with Crippen LogP contribution in [0.4, 0.5) is 0 Å². The first kappa shape index (κ1) is 17.1. The van der Waals surface area contributed by atoms with Crippen molar-refractivity contribution in [2.45, 2.75) is 38.8 Å². The van der Waals surface area contributed by atoms with Crippen molar-refractivity contribution in [2.24, 2.45) is 0 Å². The number of likely N-dealkylation sites (tertiary alicyclic amines) is 1. The van der Waals surface area contributed by atoms with Gasteiger partial charge in [0.2, 0.25) is 5.91 Å². The second-order valence-electron chi connectivity index (χ2n) is 6.58. The van der Waals surface area contributed by atoms with Gasteiger partial charge >= 0.3 is 0 Å². The van der Waals surface area contributed by atoms with Crippen molar-refractivity contribution < 1.29 is 19.1 Å². The van der Waals surface area contributed by atoms with Gasteiger partial charge in [0.1, 0.15) is 0 Å². The zero-order valence-electron chi connectivity index (χ0n) is 14.1. The summed E-state index contributed by atoms with van der Waals surface area (Å²) in [7, 11) is 1.55. The number of benzene rings is 1. The molecule has 1 heterocycles. The van der Waals surface area contributed by atoms with E-state index in [1.165, 1.54) is 0 Å². The van der Waals surface area contributed by atoms with Crippen LogP contribution in [0.3, 0.4) is 0 Å². The Morgan fingerprint density at radius 3 is 2.52 bits per heavy atom. The molecule has 1 fully saturated rings. The molecule has 23 heavy (non-hydrogen) atoms. The van der Waals surface area contributed by atoms with E-state index in [0.717, 1.165) is 0 Å². The summed E-state index contributed by atoms with van der Waals surface area (Å²) in [5.74, 6) is 0.914. The monoisotopic (exact) mass is 320 g/mol. The van der Waals surface area contributed by atoms with Crippen LogP contribution in [0.25, 0.3) is 0 Å². The molecule has 126 valence electrons. The number of carbonyl (C=O) groups is 2. The van der Waals surface area contributed by atoms with Crippen molar-refractivity contribution in [3.8, 4) is 11.5 Å². The van der Waals surface area contributed by atoms with Gasteiger partial charge in [0.25, 0.3) is 5.91 Å². The Bertz CT molecular complexity index is 580. The largest absolute Gasteiger partial charge is 0.493 e. The molecule has 6 heteroatoms. The fraction of sp³-hybridized carbons (Fsp3) is 0.529. The number of nitrogens with one attached hydrogen (secondary N) is 1. The van der Waals surface area contributed by atoms with Crippen LogP contribution in [-0.2, 0) is 9.59 Å². The van der Waals surface area contributed by atoms with Gasteiger partial charge in [0.15, 0.2) is 18.1 Å². The minimum absolute atomic E-state index is 0.0634. The number of ether oxygens (including phenoxy) is 2.